The van der Waals surface area contributed by atoms with Crippen LogP contribution in [0.15, 0.2) is 51.3 Å². The summed E-state index contributed by atoms with van der Waals surface area (Å²) in [5.41, 5.74) is 10.4. The predicted octanol–water partition coefficient (Wildman–Crippen LogP) is 4.76. The van der Waals surface area contributed by atoms with Crippen molar-refractivity contribution in [2.75, 3.05) is 11.2 Å². The topological polar surface area (TPSA) is 95.9 Å². The lowest BCUT2D eigenvalue weighted by Gasteiger charge is -2.42. The summed E-state index contributed by atoms with van der Waals surface area (Å²) in [6.07, 6.45) is 3.98. The molecule has 0 amide bonds. The number of ketones is 1. The average molecular weight is 452 g/mol. The van der Waals surface area contributed by atoms with Gasteiger partial charge in [-0.3, -0.25) is 9.69 Å². The highest BCUT2D eigenvalue weighted by atomic mass is 32.2. The number of aryl methyl sites for hydroxylation is 1. The Balaban J connectivity index is 1.95. The summed E-state index contributed by atoms with van der Waals surface area (Å²) in [5.74, 6) is -0.0607. The number of thioether (sulfide) groups is 1. The first kappa shape index (κ1) is 21.6. The van der Waals surface area contributed by atoms with Crippen molar-refractivity contribution in [3.8, 4) is 6.07 Å². The van der Waals surface area contributed by atoms with Crippen LogP contribution in [0.25, 0.3) is 0 Å². The van der Waals surface area contributed by atoms with Gasteiger partial charge in [-0.1, -0.05) is 68.1 Å². The van der Waals surface area contributed by atoms with E-state index in [1.54, 1.807) is 4.90 Å². The molecule has 160 valence electrons. The maximum absolute atomic E-state index is 13.5. The Morgan fingerprint density at radius 1 is 1.29 bits per heavy atom. The van der Waals surface area contributed by atoms with Gasteiger partial charge in [-0.2, -0.15) is 5.26 Å². The molecule has 0 bridgehead atoms. The summed E-state index contributed by atoms with van der Waals surface area (Å²) < 4.78 is 0.808. The van der Waals surface area contributed by atoms with E-state index in [0.717, 1.165) is 22.0 Å². The molecule has 1 aliphatic heterocycles. The Kier molecular flexibility index (Phi) is 5.67. The Bertz CT molecular complexity index is 1140. The van der Waals surface area contributed by atoms with Crippen LogP contribution in [0, 0.1) is 16.7 Å². The fourth-order valence-electron chi connectivity index (χ4n) is 4.38. The van der Waals surface area contributed by atoms with Gasteiger partial charge in [-0.15, -0.1) is 10.2 Å². The van der Waals surface area contributed by atoms with Gasteiger partial charge in [0.2, 0.25) is 5.13 Å². The molecule has 0 spiro atoms. The molecule has 1 aromatic heterocycles. The van der Waals surface area contributed by atoms with Crippen LogP contribution in [-0.4, -0.2) is 22.2 Å². The maximum Gasteiger partial charge on any atom is 0.219 e. The van der Waals surface area contributed by atoms with Gasteiger partial charge in [0, 0.05) is 17.7 Å². The minimum atomic E-state index is -0.460. The van der Waals surface area contributed by atoms with Crippen LogP contribution < -0.4 is 10.6 Å². The first-order chi connectivity index (χ1) is 14.8. The molecule has 2 heterocycles. The Hall–Kier alpha value is -2.63. The van der Waals surface area contributed by atoms with Gasteiger partial charge in [0.25, 0.3) is 0 Å². The number of allylic oxidation sites excluding steroid dienone is 3. The fraction of sp³-hybridized carbons (Fsp3) is 0.391. The van der Waals surface area contributed by atoms with E-state index < -0.39 is 5.92 Å². The van der Waals surface area contributed by atoms with E-state index in [-0.39, 0.29) is 11.2 Å². The summed E-state index contributed by atoms with van der Waals surface area (Å²) >= 11 is 2.92. The fourth-order valence-corrected chi connectivity index (χ4v) is 5.68. The van der Waals surface area contributed by atoms with Crippen LogP contribution in [0.1, 0.15) is 50.7 Å². The molecule has 1 aromatic carbocycles. The third kappa shape index (κ3) is 3.77. The number of hydrogen-bond donors (Lipinski definition) is 1. The second kappa shape index (κ2) is 8.13. The molecule has 8 heteroatoms. The van der Waals surface area contributed by atoms with Crippen molar-refractivity contribution in [3.63, 3.8) is 0 Å². The molecule has 2 N–H and O–H groups in total. The van der Waals surface area contributed by atoms with E-state index in [0.29, 0.717) is 34.9 Å². The number of aromatic nitrogens is 2. The second-order valence-corrected chi connectivity index (χ2v) is 10.6. The zero-order valence-electron chi connectivity index (χ0n) is 18.1. The number of nitriles is 1. The van der Waals surface area contributed by atoms with Gasteiger partial charge in [-0.05, 0) is 35.6 Å². The van der Waals surface area contributed by atoms with Crippen LogP contribution in [0.5, 0.6) is 0 Å². The molecular weight excluding hydrogens is 426 g/mol. The zero-order chi connectivity index (χ0) is 22.3. The third-order valence-corrected chi connectivity index (χ3v) is 7.75. The normalized spacial score (nSPS) is 20.7. The van der Waals surface area contributed by atoms with Gasteiger partial charge in [0.15, 0.2) is 10.1 Å². The number of anilines is 1. The van der Waals surface area contributed by atoms with Gasteiger partial charge in [-0.25, -0.2) is 0 Å². The molecule has 31 heavy (non-hydrogen) atoms. The molecule has 0 saturated heterocycles. The SMILES string of the molecule is CCc1ccc(C2C(C#N)=C(N)N(c3nnc(SC)s3)C3=C2C(=O)CC(C)(C)C3)cc1. The van der Waals surface area contributed by atoms with E-state index in [1.807, 2.05) is 18.4 Å². The summed E-state index contributed by atoms with van der Waals surface area (Å²) in [4.78, 5) is 15.3. The van der Waals surface area contributed by atoms with E-state index in [4.69, 9.17) is 5.73 Å². The standard InChI is InChI=1S/C23H25N5OS2/c1-5-13-6-8-14(9-7-13)18-15(12-24)20(25)28(21-26-27-22(30-4)31-21)16-10-23(2,3)11-17(29)19(16)18/h6-9,18H,5,10-11,25H2,1-4H3. The predicted molar refractivity (Wildman–Crippen MR) is 125 cm³/mol. The molecule has 1 unspecified atom stereocenters. The lowest BCUT2D eigenvalue weighted by molar-refractivity contribution is -0.118. The van der Waals surface area contributed by atoms with Crippen molar-refractivity contribution < 1.29 is 4.79 Å². The van der Waals surface area contributed by atoms with Gasteiger partial charge >= 0.3 is 0 Å². The van der Waals surface area contributed by atoms with Crippen molar-refractivity contribution in [2.45, 2.75) is 50.3 Å². The Morgan fingerprint density at radius 3 is 2.58 bits per heavy atom. The van der Waals surface area contributed by atoms with E-state index in [2.05, 4.69) is 49.2 Å². The molecule has 1 aliphatic carbocycles. The minimum Gasteiger partial charge on any atom is -0.384 e. The summed E-state index contributed by atoms with van der Waals surface area (Å²) in [7, 11) is 0. The summed E-state index contributed by atoms with van der Waals surface area (Å²) in [6.45, 7) is 6.28. The van der Waals surface area contributed by atoms with Crippen LogP contribution in [0.4, 0.5) is 5.13 Å². The highest BCUT2D eigenvalue weighted by molar-refractivity contribution is 8.00. The van der Waals surface area contributed by atoms with Crippen molar-refractivity contribution in [2.24, 2.45) is 11.1 Å². The molecule has 6 nitrogen and oxygen atoms in total. The van der Waals surface area contributed by atoms with Crippen molar-refractivity contribution >= 4 is 34.0 Å². The molecule has 0 fully saturated rings. The van der Waals surface area contributed by atoms with Crippen molar-refractivity contribution in [1.82, 2.24) is 10.2 Å². The van der Waals surface area contributed by atoms with E-state index in [1.165, 1.54) is 28.7 Å². The average Bonchev–Trinajstić information content (AvgIpc) is 3.21. The highest BCUT2D eigenvalue weighted by Gasteiger charge is 2.45. The molecular formula is C23H25N5OS2. The molecule has 0 saturated carbocycles. The van der Waals surface area contributed by atoms with E-state index in [9.17, 15) is 10.1 Å². The van der Waals surface area contributed by atoms with Crippen molar-refractivity contribution in [3.05, 3.63) is 58.1 Å². The molecule has 4 rings (SSSR count). The van der Waals surface area contributed by atoms with Crippen LogP contribution in [0.2, 0.25) is 0 Å². The van der Waals surface area contributed by atoms with Gasteiger partial charge in [0.1, 0.15) is 5.82 Å². The van der Waals surface area contributed by atoms with Crippen molar-refractivity contribution in [1.29, 1.82) is 5.26 Å². The molecule has 1 atom stereocenters. The van der Waals surface area contributed by atoms with Gasteiger partial charge < -0.3 is 5.73 Å². The highest BCUT2D eigenvalue weighted by Crippen LogP contribution is 2.50. The largest absolute Gasteiger partial charge is 0.384 e. The smallest absolute Gasteiger partial charge is 0.219 e. The van der Waals surface area contributed by atoms with Crippen LogP contribution in [0.3, 0.4) is 0 Å². The first-order valence-electron chi connectivity index (χ1n) is 10.2. The van der Waals surface area contributed by atoms with E-state index >= 15 is 0 Å². The number of carbonyl (C=O) groups is 1. The third-order valence-electron chi connectivity index (χ3n) is 5.86. The summed E-state index contributed by atoms with van der Waals surface area (Å²) in [5, 5.41) is 19.2. The van der Waals surface area contributed by atoms with Gasteiger partial charge in [0.05, 0.1) is 17.6 Å². The quantitative estimate of drug-likeness (QED) is 0.669. The number of nitrogens with zero attached hydrogens (tertiary/aromatic N) is 4. The number of hydrogen-bond acceptors (Lipinski definition) is 8. The maximum atomic E-state index is 13.5. The minimum absolute atomic E-state index is 0.0654. The van der Waals surface area contributed by atoms with Crippen LogP contribution in [-0.2, 0) is 11.2 Å². The molecule has 0 radical (unpaired) electrons. The van der Waals surface area contributed by atoms with Crippen LogP contribution >= 0.6 is 23.1 Å². The zero-order valence-corrected chi connectivity index (χ0v) is 19.7. The molecule has 2 aliphatic rings. The Labute approximate surface area is 190 Å². The number of benzene rings is 1. The number of carbonyl (C=O) groups excluding carboxylic acids is 1. The number of nitrogens with two attached hydrogens (primary N) is 1. The Morgan fingerprint density at radius 2 is 2.00 bits per heavy atom. The molecule has 2 aromatic rings. The lowest BCUT2D eigenvalue weighted by Crippen LogP contribution is -2.42. The first-order valence-corrected chi connectivity index (χ1v) is 12.3. The lowest BCUT2D eigenvalue weighted by atomic mass is 9.68. The monoisotopic (exact) mass is 451 g/mol. The number of rotatable bonds is 4. The second-order valence-electron chi connectivity index (χ2n) is 8.63. The summed E-state index contributed by atoms with van der Waals surface area (Å²) in [6, 6.07) is 10.4. The number of Topliss-reactive ketones (excluding diaryl/α,β-unsaturated/α-hetero) is 1.